The number of aryl methyl sites for hydroxylation is 1. The maximum Gasteiger partial charge on any atom is 0.347 e. The molecule has 0 heterocycles. The van der Waals surface area contributed by atoms with Crippen molar-refractivity contribution in [1.82, 2.24) is 5.32 Å². The standard InChI is InChI=1S/C21H22FNO4/c1-14(27-17-11-9-16(22)10-12-17)21(25)26-13-20(24)23-19-8-4-6-15-5-2-3-7-18(15)19/h2-3,5,7,9-12,14,19H,4,6,8,13H2,1H3,(H,23,24)/t14-,19+/m0/s1. The molecule has 1 amide bonds. The van der Waals surface area contributed by atoms with Gasteiger partial charge in [0.15, 0.2) is 12.7 Å². The van der Waals surface area contributed by atoms with Crippen LogP contribution in [0.1, 0.15) is 36.9 Å². The average Bonchev–Trinajstić information content (AvgIpc) is 2.68. The number of amides is 1. The SMILES string of the molecule is C[C@H](Oc1ccc(F)cc1)C(=O)OCC(=O)N[C@@H]1CCCc2ccccc21. The first kappa shape index (κ1) is 18.9. The number of benzene rings is 2. The van der Waals surface area contributed by atoms with Crippen LogP contribution in [0.4, 0.5) is 4.39 Å². The fourth-order valence-electron chi connectivity index (χ4n) is 3.16. The van der Waals surface area contributed by atoms with Gasteiger partial charge in [-0.15, -0.1) is 0 Å². The van der Waals surface area contributed by atoms with Crippen molar-refractivity contribution in [2.24, 2.45) is 0 Å². The Morgan fingerprint density at radius 2 is 1.93 bits per heavy atom. The minimum Gasteiger partial charge on any atom is -0.479 e. The second kappa shape index (κ2) is 8.66. The van der Waals surface area contributed by atoms with Gasteiger partial charge in [0.25, 0.3) is 5.91 Å². The monoisotopic (exact) mass is 371 g/mol. The van der Waals surface area contributed by atoms with Crippen LogP contribution in [0, 0.1) is 5.82 Å². The maximum atomic E-state index is 12.9. The Kier molecular flexibility index (Phi) is 6.06. The summed E-state index contributed by atoms with van der Waals surface area (Å²) in [4.78, 5) is 24.2. The summed E-state index contributed by atoms with van der Waals surface area (Å²) < 4.78 is 23.3. The van der Waals surface area contributed by atoms with Gasteiger partial charge in [0, 0.05) is 0 Å². The number of esters is 1. The van der Waals surface area contributed by atoms with E-state index in [2.05, 4.69) is 11.4 Å². The van der Waals surface area contributed by atoms with Crippen molar-refractivity contribution in [2.75, 3.05) is 6.61 Å². The summed E-state index contributed by atoms with van der Waals surface area (Å²) in [6.07, 6.45) is 1.97. The smallest absolute Gasteiger partial charge is 0.347 e. The Morgan fingerprint density at radius 1 is 1.19 bits per heavy atom. The van der Waals surface area contributed by atoms with E-state index in [1.807, 2.05) is 18.2 Å². The molecular formula is C21H22FNO4. The molecule has 0 saturated heterocycles. The van der Waals surface area contributed by atoms with Crippen LogP contribution in [-0.2, 0) is 20.7 Å². The molecule has 0 saturated carbocycles. The average molecular weight is 371 g/mol. The van der Waals surface area contributed by atoms with Gasteiger partial charge in [-0.3, -0.25) is 4.79 Å². The normalized spacial score (nSPS) is 16.7. The zero-order chi connectivity index (χ0) is 19.2. The second-order valence-electron chi connectivity index (χ2n) is 6.53. The van der Waals surface area contributed by atoms with Crippen molar-refractivity contribution in [1.29, 1.82) is 0 Å². The number of fused-ring (bicyclic) bond motifs is 1. The predicted molar refractivity (Wildman–Crippen MR) is 97.7 cm³/mol. The van der Waals surface area contributed by atoms with Crippen LogP contribution < -0.4 is 10.1 Å². The minimum absolute atomic E-state index is 0.0611. The van der Waals surface area contributed by atoms with E-state index in [0.717, 1.165) is 24.8 Å². The molecule has 0 spiro atoms. The van der Waals surface area contributed by atoms with E-state index < -0.39 is 17.9 Å². The molecule has 0 radical (unpaired) electrons. The first-order valence-electron chi connectivity index (χ1n) is 8.99. The number of carbonyl (C=O) groups is 2. The molecule has 0 fully saturated rings. The lowest BCUT2D eigenvalue weighted by molar-refractivity contribution is -0.154. The van der Waals surface area contributed by atoms with Crippen molar-refractivity contribution in [3.05, 3.63) is 65.5 Å². The third kappa shape index (κ3) is 5.06. The fraction of sp³-hybridized carbons (Fsp3) is 0.333. The van der Waals surface area contributed by atoms with E-state index in [-0.39, 0.29) is 18.6 Å². The summed E-state index contributed by atoms with van der Waals surface area (Å²) >= 11 is 0. The van der Waals surface area contributed by atoms with Gasteiger partial charge in [-0.1, -0.05) is 24.3 Å². The van der Waals surface area contributed by atoms with Gasteiger partial charge in [-0.05, 0) is 61.6 Å². The van der Waals surface area contributed by atoms with Gasteiger partial charge in [-0.25, -0.2) is 9.18 Å². The Morgan fingerprint density at radius 3 is 2.70 bits per heavy atom. The molecule has 2 aromatic carbocycles. The molecule has 3 rings (SSSR count). The summed E-state index contributed by atoms with van der Waals surface area (Å²) in [5, 5.41) is 2.93. The van der Waals surface area contributed by atoms with Crippen molar-refractivity contribution in [3.63, 3.8) is 0 Å². The van der Waals surface area contributed by atoms with Crippen LogP contribution in [0.15, 0.2) is 48.5 Å². The molecule has 1 N–H and O–H groups in total. The van der Waals surface area contributed by atoms with Crippen molar-refractivity contribution in [2.45, 2.75) is 38.3 Å². The highest BCUT2D eigenvalue weighted by atomic mass is 19.1. The Labute approximate surface area is 157 Å². The zero-order valence-corrected chi connectivity index (χ0v) is 15.1. The third-order valence-electron chi connectivity index (χ3n) is 4.51. The van der Waals surface area contributed by atoms with Crippen LogP contribution in [0.3, 0.4) is 0 Å². The highest BCUT2D eigenvalue weighted by Crippen LogP contribution is 2.29. The molecule has 142 valence electrons. The Hall–Kier alpha value is -2.89. The number of hydrogen-bond donors (Lipinski definition) is 1. The van der Waals surface area contributed by atoms with Crippen molar-refractivity contribution >= 4 is 11.9 Å². The van der Waals surface area contributed by atoms with Gasteiger partial charge in [0.05, 0.1) is 6.04 Å². The molecule has 0 unspecified atom stereocenters. The molecule has 5 nitrogen and oxygen atoms in total. The van der Waals surface area contributed by atoms with Gasteiger partial charge in [-0.2, -0.15) is 0 Å². The number of hydrogen-bond acceptors (Lipinski definition) is 4. The lowest BCUT2D eigenvalue weighted by atomic mass is 9.88. The van der Waals surface area contributed by atoms with Crippen LogP contribution >= 0.6 is 0 Å². The van der Waals surface area contributed by atoms with E-state index in [1.165, 1.54) is 36.8 Å². The molecule has 27 heavy (non-hydrogen) atoms. The van der Waals surface area contributed by atoms with Gasteiger partial charge in [0.2, 0.25) is 0 Å². The topological polar surface area (TPSA) is 64.6 Å². The molecule has 1 aliphatic carbocycles. The molecule has 1 aliphatic rings. The summed E-state index contributed by atoms with van der Waals surface area (Å²) in [7, 11) is 0. The van der Waals surface area contributed by atoms with Crippen LogP contribution in [0.2, 0.25) is 0 Å². The van der Waals surface area contributed by atoms with E-state index in [0.29, 0.717) is 5.75 Å². The highest BCUT2D eigenvalue weighted by Gasteiger charge is 2.23. The summed E-state index contributed by atoms with van der Waals surface area (Å²) in [6.45, 7) is 1.15. The third-order valence-corrected chi connectivity index (χ3v) is 4.51. The number of carbonyl (C=O) groups excluding carboxylic acids is 2. The number of nitrogens with one attached hydrogen (secondary N) is 1. The molecular weight excluding hydrogens is 349 g/mol. The lowest BCUT2D eigenvalue weighted by Gasteiger charge is -2.26. The second-order valence-corrected chi connectivity index (χ2v) is 6.53. The van der Waals surface area contributed by atoms with Crippen molar-refractivity contribution in [3.8, 4) is 5.75 Å². The minimum atomic E-state index is -0.904. The highest BCUT2D eigenvalue weighted by molar-refractivity contribution is 5.82. The molecule has 0 aliphatic heterocycles. The number of halogens is 1. The largest absolute Gasteiger partial charge is 0.479 e. The lowest BCUT2D eigenvalue weighted by Crippen LogP contribution is -2.36. The van der Waals surface area contributed by atoms with Crippen LogP contribution in [0.5, 0.6) is 5.75 Å². The van der Waals surface area contributed by atoms with Gasteiger partial charge >= 0.3 is 5.97 Å². The first-order chi connectivity index (χ1) is 13.0. The van der Waals surface area contributed by atoms with Gasteiger partial charge in [0.1, 0.15) is 11.6 Å². The molecule has 0 aromatic heterocycles. The Bertz CT molecular complexity index is 806. The molecule has 2 atom stereocenters. The van der Waals surface area contributed by atoms with E-state index >= 15 is 0 Å². The van der Waals surface area contributed by atoms with E-state index in [4.69, 9.17) is 9.47 Å². The summed E-state index contributed by atoms with van der Waals surface area (Å²) in [5.41, 5.74) is 2.36. The Balaban J connectivity index is 1.47. The molecule has 0 bridgehead atoms. The molecule has 2 aromatic rings. The summed E-state index contributed by atoms with van der Waals surface area (Å²) in [5.74, 6) is -1.04. The molecule has 6 heteroatoms. The maximum absolute atomic E-state index is 12.9. The first-order valence-corrected chi connectivity index (χ1v) is 8.99. The van der Waals surface area contributed by atoms with E-state index in [1.54, 1.807) is 0 Å². The number of rotatable bonds is 6. The van der Waals surface area contributed by atoms with Crippen LogP contribution in [-0.4, -0.2) is 24.6 Å². The van der Waals surface area contributed by atoms with E-state index in [9.17, 15) is 14.0 Å². The summed E-state index contributed by atoms with van der Waals surface area (Å²) in [6, 6.07) is 13.3. The van der Waals surface area contributed by atoms with Gasteiger partial charge < -0.3 is 14.8 Å². The van der Waals surface area contributed by atoms with Crippen molar-refractivity contribution < 1.29 is 23.5 Å². The zero-order valence-electron chi connectivity index (χ0n) is 15.1. The predicted octanol–water partition coefficient (Wildman–Crippen LogP) is 3.33. The quantitative estimate of drug-likeness (QED) is 0.791. The number of ether oxygens (including phenoxy) is 2. The van der Waals surface area contributed by atoms with Crippen LogP contribution in [0.25, 0.3) is 0 Å². The fourth-order valence-corrected chi connectivity index (χ4v) is 3.16.